The number of benzene rings is 2. The predicted molar refractivity (Wildman–Crippen MR) is 131 cm³/mol. The van der Waals surface area contributed by atoms with Gasteiger partial charge in [0.05, 0.1) is 13.2 Å². The quantitative estimate of drug-likeness (QED) is 0.504. The summed E-state index contributed by atoms with van der Waals surface area (Å²) in [4.78, 5) is 18.3. The zero-order chi connectivity index (χ0) is 23.5. The molecule has 1 N–H and O–H groups in total. The van der Waals surface area contributed by atoms with Crippen molar-refractivity contribution in [3.8, 4) is 17.6 Å². The van der Waals surface area contributed by atoms with Crippen molar-refractivity contribution >= 4 is 28.6 Å². The number of ether oxygens (including phenoxy) is 3. The van der Waals surface area contributed by atoms with Crippen LogP contribution in [0.3, 0.4) is 0 Å². The summed E-state index contributed by atoms with van der Waals surface area (Å²) in [5, 5.41) is 1.79. The van der Waals surface area contributed by atoms with Gasteiger partial charge in [-0.2, -0.15) is 0 Å². The summed E-state index contributed by atoms with van der Waals surface area (Å²) in [7, 11) is 0. The number of rotatable bonds is 4. The van der Waals surface area contributed by atoms with Crippen LogP contribution in [0.5, 0.6) is 5.75 Å². The first-order chi connectivity index (χ1) is 16.6. The SMILES string of the molecule is CC#CCOC(=O)N1CCc2c([nH]c3ccc(Cl)cc23)C1c1ccc(OC2CCOCC2)cc1. The number of fused-ring (bicyclic) bond motifs is 3. The molecular weight excluding hydrogens is 452 g/mol. The number of aromatic nitrogens is 1. The van der Waals surface area contributed by atoms with Gasteiger partial charge in [0.1, 0.15) is 17.9 Å². The van der Waals surface area contributed by atoms with E-state index in [1.807, 2.05) is 42.5 Å². The van der Waals surface area contributed by atoms with E-state index in [4.69, 9.17) is 25.8 Å². The predicted octanol–water partition coefficient (Wildman–Crippen LogP) is 5.49. The van der Waals surface area contributed by atoms with Crippen molar-refractivity contribution in [3.63, 3.8) is 0 Å². The normalized spacial score (nSPS) is 18.2. The van der Waals surface area contributed by atoms with Crippen LogP contribution in [0, 0.1) is 11.8 Å². The minimum absolute atomic E-state index is 0.0750. The molecule has 3 heterocycles. The van der Waals surface area contributed by atoms with E-state index in [0.717, 1.165) is 54.0 Å². The summed E-state index contributed by atoms with van der Waals surface area (Å²) in [6, 6.07) is 13.5. The zero-order valence-electron chi connectivity index (χ0n) is 19.1. The van der Waals surface area contributed by atoms with Gasteiger partial charge in [-0.1, -0.05) is 29.7 Å². The Hall–Kier alpha value is -3.14. The van der Waals surface area contributed by atoms with Crippen LogP contribution in [-0.4, -0.2) is 48.4 Å². The van der Waals surface area contributed by atoms with Crippen LogP contribution >= 0.6 is 11.6 Å². The van der Waals surface area contributed by atoms with E-state index in [1.165, 1.54) is 5.56 Å². The third kappa shape index (κ3) is 4.59. The fourth-order valence-electron chi connectivity index (χ4n) is 4.77. The third-order valence-electron chi connectivity index (χ3n) is 6.44. The fraction of sp³-hybridized carbons (Fsp3) is 0.370. The molecule has 3 aromatic rings. The van der Waals surface area contributed by atoms with Gasteiger partial charge >= 0.3 is 6.09 Å². The number of hydrogen-bond donors (Lipinski definition) is 1. The molecule has 0 aliphatic carbocycles. The van der Waals surface area contributed by atoms with Crippen molar-refractivity contribution in [1.82, 2.24) is 9.88 Å². The lowest BCUT2D eigenvalue weighted by molar-refractivity contribution is 0.0255. The largest absolute Gasteiger partial charge is 0.490 e. The second kappa shape index (κ2) is 10.0. The van der Waals surface area contributed by atoms with Gasteiger partial charge in [-0.15, -0.1) is 5.92 Å². The molecule has 0 spiro atoms. The van der Waals surface area contributed by atoms with E-state index in [-0.39, 0.29) is 24.8 Å². The molecule has 1 atom stereocenters. The molecule has 6 nitrogen and oxygen atoms in total. The number of carbonyl (C=O) groups excluding carboxylic acids is 1. The summed E-state index contributed by atoms with van der Waals surface area (Å²) in [5.41, 5.74) is 4.16. The Morgan fingerprint density at radius 3 is 2.76 bits per heavy atom. The summed E-state index contributed by atoms with van der Waals surface area (Å²) in [5.74, 6) is 6.38. The van der Waals surface area contributed by atoms with Crippen molar-refractivity contribution in [2.45, 2.75) is 38.3 Å². The van der Waals surface area contributed by atoms with E-state index in [2.05, 4.69) is 16.8 Å². The van der Waals surface area contributed by atoms with Crippen molar-refractivity contribution in [3.05, 3.63) is 64.3 Å². The smallest absolute Gasteiger partial charge is 0.411 e. The first kappa shape index (κ1) is 22.6. The molecular formula is C27H27ClN2O4. The van der Waals surface area contributed by atoms with Crippen molar-refractivity contribution in [1.29, 1.82) is 0 Å². The molecule has 2 aliphatic rings. The van der Waals surface area contributed by atoms with Gasteiger partial charge in [-0.3, -0.25) is 4.90 Å². The molecule has 2 aliphatic heterocycles. The monoisotopic (exact) mass is 478 g/mol. The van der Waals surface area contributed by atoms with Gasteiger partial charge in [0.15, 0.2) is 6.61 Å². The first-order valence-corrected chi connectivity index (χ1v) is 12.0. The highest BCUT2D eigenvalue weighted by Crippen LogP contribution is 2.39. The minimum Gasteiger partial charge on any atom is -0.490 e. The molecule has 5 rings (SSSR count). The van der Waals surface area contributed by atoms with Gasteiger partial charge in [0.2, 0.25) is 0 Å². The molecule has 2 aromatic carbocycles. The Bertz CT molecular complexity index is 1240. The van der Waals surface area contributed by atoms with Crippen LogP contribution in [0.15, 0.2) is 42.5 Å². The standard InChI is InChI=1S/C27H27ClN2O4/c1-2-3-14-33-27(31)30-13-10-22-23-17-19(28)6-9-24(23)29-25(22)26(30)18-4-7-20(8-5-18)34-21-11-15-32-16-12-21/h4-9,17,21,26,29H,10-16H2,1H3. The van der Waals surface area contributed by atoms with Crippen LogP contribution in [0.1, 0.15) is 42.6 Å². The number of amides is 1. The number of nitrogens with zero attached hydrogens (tertiary/aromatic N) is 1. The average Bonchev–Trinajstić information content (AvgIpc) is 3.22. The van der Waals surface area contributed by atoms with Gasteiger partial charge < -0.3 is 19.2 Å². The number of carbonyl (C=O) groups is 1. The van der Waals surface area contributed by atoms with E-state index >= 15 is 0 Å². The number of H-pyrrole nitrogens is 1. The van der Waals surface area contributed by atoms with Crippen molar-refractivity contribution < 1.29 is 19.0 Å². The molecule has 34 heavy (non-hydrogen) atoms. The molecule has 1 fully saturated rings. The maximum atomic E-state index is 13.0. The Labute approximate surface area is 204 Å². The number of halogens is 1. The molecule has 0 radical (unpaired) electrons. The average molecular weight is 479 g/mol. The molecule has 1 unspecified atom stereocenters. The Balaban J connectivity index is 1.48. The van der Waals surface area contributed by atoms with E-state index in [9.17, 15) is 4.79 Å². The zero-order valence-corrected chi connectivity index (χ0v) is 19.9. The Morgan fingerprint density at radius 2 is 2.00 bits per heavy atom. The van der Waals surface area contributed by atoms with Crippen LogP contribution in [0.4, 0.5) is 4.79 Å². The number of hydrogen-bond acceptors (Lipinski definition) is 4. The summed E-state index contributed by atoms with van der Waals surface area (Å²) >= 11 is 6.29. The second-order valence-corrected chi connectivity index (χ2v) is 8.97. The van der Waals surface area contributed by atoms with Crippen LogP contribution in [0.25, 0.3) is 10.9 Å². The lowest BCUT2D eigenvalue weighted by Crippen LogP contribution is -2.41. The van der Waals surface area contributed by atoms with Gasteiger partial charge in [-0.25, -0.2) is 4.79 Å². The van der Waals surface area contributed by atoms with Crippen LogP contribution in [0.2, 0.25) is 5.02 Å². The van der Waals surface area contributed by atoms with Gasteiger partial charge in [0, 0.05) is 41.0 Å². The topological polar surface area (TPSA) is 63.8 Å². The highest BCUT2D eigenvalue weighted by atomic mass is 35.5. The Morgan fingerprint density at radius 1 is 1.21 bits per heavy atom. The molecule has 0 bridgehead atoms. The molecule has 1 saturated heterocycles. The van der Waals surface area contributed by atoms with Crippen molar-refractivity contribution in [2.24, 2.45) is 0 Å². The highest BCUT2D eigenvalue weighted by Gasteiger charge is 2.35. The number of nitrogens with one attached hydrogen (secondary N) is 1. The lowest BCUT2D eigenvalue weighted by Gasteiger charge is -2.35. The molecule has 1 aromatic heterocycles. The molecule has 7 heteroatoms. The lowest BCUT2D eigenvalue weighted by atomic mass is 9.92. The van der Waals surface area contributed by atoms with E-state index in [0.29, 0.717) is 18.0 Å². The van der Waals surface area contributed by atoms with Crippen LogP contribution < -0.4 is 4.74 Å². The molecule has 1 amide bonds. The van der Waals surface area contributed by atoms with Gasteiger partial charge in [-0.05, 0) is 54.8 Å². The van der Waals surface area contributed by atoms with Gasteiger partial charge in [0.25, 0.3) is 0 Å². The summed E-state index contributed by atoms with van der Waals surface area (Å²) in [6.45, 7) is 3.81. The number of aromatic amines is 1. The summed E-state index contributed by atoms with van der Waals surface area (Å²) in [6.07, 6.45) is 2.30. The fourth-order valence-corrected chi connectivity index (χ4v) is 4.94. The highest BCUT2D eigenvalue weighted by molar-refractivity contribution is 6.31. The molecule has 176 valence electrons. The van der Waals surface area contributed by atoms with E-state index < -0.39 is 0 Å². The van der Waals surface area contributed by atoms with Crippen LogP contribution in [-0.2, 0) is 15.9 Å². The minimum atomic E-state index is -0.377. The summed E-state index contributed by atoms with van der Waals surface area (Å²) < 4.78 is 17.0. The first-order valence-electron chi connectivity index (χ1n) is 11.6. The Kier molecular flexibility index (Phi) is 6.66. The second-order valence-electron chi connectivity index (χ2n) is 8.53. The third-order valence-corrected chi connectivity index (χ3v) is 6.67. The molecule has 0 saturated carbocycles. The maximum absolute atomic E-state index is 13.0. The van der Waals surface area contributed by atoms with E-state index in [1.54, 1.807) is 11.8 Å². The maximum Gasteiger partial charge on any atom is 0.411 e. The van der Waals surface area contributed by atoms with Crippen molar-refractivity contribution in [2.75, 3.05) is 26.4 Å².